The summed E-state index contributed by atoms with van der Waals surface area (Å²) in [6.07, 6.45) is 4.11. The van der Waals surface area contributed by atoms with Crippen LogP contribution in [-0.4, -0.2) is 29.0 Å². The monoisotopic (exact) mass is 288 g/mol. The molecule has 0 bridgehead atoms. The molecule has 0 atom stereocenters. The number of nitrogens with two attached hydrogens (primary N) is 1. The Hall–Kier alpha value is -2.10. The van der Waals surface area contributed by atoms with E-state index in [0.29, 0.717) is 18.0 Å². The second-order valence-corrected chi connectivity index (χ2v) is 5.26. The van der Waals surface area contributed by atoms with Gasteiger partial charge in [-0.1, -0.05) is 11.8 Å². The lowest BCUT2D eigenvalue weighted by Gasteiger charge is -2.01. The molecule has 0 aliphatic rings. The first-order valence-electron chi connectivity index (χ1n) is 6.25. The number of aromatic nitrogens is 2. The number of amides is 1. The van der Waals surface area contributed by atoms with Gasteiger partial charge in [-0.3, -0.25) is 4.79 Å². The average Bonchev–Trinajstić information content (AvgIpc) is 3.06. The van der Waals surface area contributed by atoms with Crippen molar-refractivity contribution in [3.63, 3.8) is 0 Å². The highest BCUT2D eigenvalue weighted by Gasteiger charge is 2.11. The molecule has 1 amide bonds. The van der Waals surface area contributed by atoms with Crippen molar-refractivity contribution in [3.05, 3.63) is 39.6 Å². The molecule has 0 fully saturated rings. The van der Waals surface area contributed by atoms with E-state index in [4.69, 9.17) is 5.73 Å². The molecule has 0 saturated heterocycles. The third-order valence-electron chi connectivity index (χ3n) is 2.68. The zero-order valence-corrected chi connectivity index (χ0v) is 12.0. The molecule has 2 aromatic heterocycles. The number of aromatic amines is 1. The Bertz CT molecular complexity index is 634. The Morgan fingerprint density at radius 2 is 2.45 bits per heavy atom. The van der Waals surface area contributed by atoms with Crippen LogP contribution in [0.4, 0.5) is 0 Å². The summed E-state index contributed by atoms with van der Waals surface area (Å²) in [5.41, 5.74) is 7.36. The molecule has 4 N–H and O–H groups in total. The predicted molar refractivity (Wildman–Crippen MR) is 79.6 cm³/mol. The van der Waals surface area contributed by atoms with Crippen molar-refractivity contribution in [2.24, 2.45) is 5.73 Å². The number of imidazole rings is 1. The Morgan fingerprint density at radius 1 is 1.60 bits per heavy atom. The molecule has 0 saturated carbocycles. The second-order valence-electron chi connectivity index (χ2n) is 4.21. The van der Waals surface area contributed by atoms with Crippen molar-refractivity contribution in [2.45, 2.75) is 13.3 Å². The first-order chi connectivity index (χ1) is 9.70. The first kappa shape index (κ1) is 14.3. The number of thiophene rings is 1. The lowest BCUT2D eigenvalue weighted by molar-refractivity contribution is 0.0958. The molecule has 2 rings (SSSR count). The topological polar surface area (TPSA) is 83.8 Å². The third-order valence-corrected chi connectivity index (χ3v) is 3.83. The summed E-state index contributed by atoms with van der Waals surface area (Å²) in [7, 11) is 0. The van der Waals surface area contributed by atoms with Gasteiger partial charge in [0, 0.05) is 24.9 Å². The zero-order valence-electron chi connectivity index (χ0n) is 11.2. The molecule has 2 aromatic rings. The summed E-state index contributed by atoms with van der Waals surface area (Å²) >= 11 is 1.39. The summed E-state index contributed by atoms with van der Waals surface area (Å²) in [6.45, 7) is 2.84. The number of aryl methyl sites for hydroxylation is 1. The number of carbonyl (C=O) groups excluding carboxylic acids is 1. The lowest BCUT2D eigenvalue weighted by atomic mass is 10.2. The largest absolute Gasteiger partial charge is 0.351 e. The van der Waals surface area contributed by atoms with Crippen molar-refractivity contribution in [2.75, 3.05) is 13.1 Å². The molecule has 5 nitrogen and oxygen atoms in total. The van der Waals surface area contributed by atoms with Gasteiger partial charge in [0.05, 0.1) is 22.6 Å². The summed E-state index contributed by atoms with van der Waals surface area (Å²) in [6, 6.07) is 1.86. The van der Waals surface area contributed by atoms with E-state index in [1.807, 2.05) is 13.0 Å². The molecular formula is C14H16N4OS. The first-order valence-corrected chi connectivity index (χ1v) is 7.07. The molecule has 104 valence electrons. The van der Waals surface area contributed by atoms with E-state index in [9.17, 15) is 4.79 Å². The quantitative estimate of drug-likeness (QED) is 0.736. The van der Waals surface area contributed by atoms with Crippen LogP contribution in [0.5, 0.6) is 0 Å². The highest BCUT2D eigenvalue weighted by atomic mass is 32.1. The number of nitrogens with one attached hydrogen (secondary N) is 2. The number of H-pyrrole nitrogens is 1. The summed E-state index contributed by atoms with van der Waals surface area (Å²) in [4.78, 5) is 20.5. The van der Waals surface area contributed by atoms with Gasteiger partial charge in [-0.2, -0.15) is 0 Å². The number of carbonyl (C=O) groups is 1. The van der Waals surface area contributed by atoms with Crippen LogP contribution in [0.15, 0.2) is 18.6 Å². The highest BCUT2D eigenvalue weighted by Crippen LogP contribution is 2.20. The molecule has 0 aliphatic heterocycles. The minimum absolute atomic E-state index is 0.0709. The lowest BCUT2D eigenvalue weighted by Crippen LogP contribution is -2.24. The third kappa shape index (κ3) is 3.70. The van der Waals surface area contributed by atoms with Gasteiger partial charge in [-0.15, -0.1) is 11.3 Å². The fraction of sp³-hybridized carbons (Fsp3) is 0.286. The fourth-order valence-electron chi connectivity index (χ4n) is 1.67. The minimum Gasteiger partial charge on any atom is -0.351 e. The Kier molecular flexibility index (Phi) is 4.93. The zero-order chi connectivity index (χ0) is 14.4. The molecule has 0 spiro atoms. The molecule has 20 heavy (non-hydrogen) atoms. The maximum Gasteiger partial charge on any atom is 0.261 e. The van der Waals surface area contributed by atoms with Gasteiger partial charge < -0.3 is 16.0 Å². The fourth-order valence-corrected chi connectivity index (χ4v) is 2.63. The Balaban J connectivity index is 1.92. The van der Waals surface area contributed by atoms with E-state index in [1.165, 1.54) is 11.3 Å². The number of rotatable bonds is 4. The average molecular weight is 288 g/mol. The van der Waals surface area contributed by atoms with Crippen LogP contribution in [-0.2, 0) is 6.42 Å². The van der Waals surface area contributed by atoms with E-state index < -0.39 is 0 Å². The van der Waals surface area contributed by atoms with Crippen LogP contribution in [0.1, 0.15) is 25.8 Å². The predicted octanol–water partition coefficient (Wildman–Crippen LogP) is 1.06. The maximum absolute atomic E-state index is 12.0. The van der Waals surface area contributed by atoms with Crippen LogP contribution in [0.2, 0.25) is 0 Å². The number of hydrogen-bond donors (Lipinski definition) is 3. The maximum atomic E-state index is 12.0. The molecule has 0 aromatic carbocycles. The Morgan fingerprint density at radius 3 is 3.15 bits per heavy atom. The normalized spacial score (nSPS) is 9.90. The molecular weight excluding hydrogens is 272 g/mol. The number of nitrogens with zero attached hydrogens (tertiary/aromatic N) is 1. The molecule has 0 unspecified atom stereocenters. The van der Waals surface area contributed by atoms with Crippen LogP contribution in [0.3, 0.4) is 0 Å². The van der Waals surface area contributed by atoms with Crippen molar-refractivity contribution >= 4 is 17.2 Å². The van der Waals surface area contributed by atoms with Gasteiger partial charge >= 0.3 is 0 Å². The minimum atomic E-state index is -0.0709. The summed E-state index contributed by atoms with van der Waals surface area (Å²) in [5, 5.41) is 2.88. The van der Waals surface area contributed by atoms with Gasteiger partial charge in [0.1, 0.15) is 0 Å². The Labute approximate surface area is 121 Å². The molecule has 0 radical (unpaired) electrons. The van der Waals surface area contributed by atoms with Gasteiger partial charge in [-0.05, 0) is 18.6 Å². The molecule has 0 aliphatic carbocycles. The SMILES string of the molecule is Cc1cc(C(=O)NCCc2cnc[nH]2)sc1C#CCN. The van der Waals surface area contributed by atoms with Crippen molar-refractivity contribution in [1.82, 2.24) is 15.3 Å². The van der Waals surface area contributed by atoms with E-state index in [1.54, 1.807) is 12.5 Å². The summed E-state index contributed by atoms with van der Waals surface area (Å²) < 4.78 is 0. The van der Waals surface area contributed by atoms with E-state index in [2.05, 4.69) is 27.1 Å². The highest BCUT2D eigenvalue weighted by molar-refractivity contribution is 7.14. The van der Waals surface area contributed by atoms with Crippen LogP contribution >= 0.6 is 11.3 Å². The van der Waals surface area contributed by atoms with Gasteiger partial charge in [0.15, 0.2) is 0 Å². The number of hydrogen-bond acceptors (Lipinski definition) is 4. The molecule has 2 heterocycles. The van der Waals surface area contributed by atoms with Crippen molar-refractivity contribution < 1.29 is 4.79 Å². The van der Waals surface area contributed by atoms with Gasteiger partial charge in [0.25, 0.3) is 5.91 Å². The second kappa shape index (κ2) is 6.89. The van der Waals surface area contributed by atoms with Gasteiger partial charge in [0.2, 0.25) is 0 Å². The van der Waals surface area contributed by atoms with E-state index in [-0.39, 0.29) is 5.91 Å². The van der Waals surface area contributed by atoms with Crippen LogP contribution in [0, 0.1) is 18.8 Å². The van der Waals surface area contributed by atoms with E-state index >= 15 is 0 Å². The van der Waals surface area contributed by atoms with Crippen LogP contribution < -0.4 is 11.1 Å². The standard InChI is InChI=1S/C14H16N4OS/c1-10-7-13(20-12(10)3-2-5-15)14(19)17-6-4-11-8-16-9-18-11/h7-9H,4-6,15H2,1H3,(H,16,18)(H,17,19). The van der Waals surface area contributed by atoms with E-state index in [0.717, 1.165) is 22.6 Å². The van der Waals surface area contributed by atoms with Crippen LogP contribution in [0.25, 0.3) is 0 Å². The van der Waals surface area contributed by atoms with Crippen molar-refractivity contribution in [3.8, 4) is 11.8 Å². The summed E-state index contributed by atoms with van der Waals surface area (Å²) in [5.74, 6) is 5.71. The van der Waals surface area contributed by atoms with Gasteiger partial charge in [-0.25, -0.2) is 4.98 Å². The smallest absolute Gasteiger partial charge is 0.261 e. The molecule has 6 heteroatoms. The van der Waals surface area contributed by atoms with Crippen molar-refractivity contribution in [1.29, 1.82) is 0 Å².